The zero-order valence-corrected chi connectivity index (χ0v) is 37.3. The van der Waals surface area contributed by atoms with Gasteiger partial charge in [0.2, 0.25) is 17.7 Å². The van der Waals surface area contributed by atoms with Crippen molar-refractivity contribution in [1.29, 1.82) is 0 Å². The van der Waals surface area contributed by atoms with Crippen LogP contribution in [0.5, 0.6) is 0 Å². The maximum absolute atomic E-state index is 14.1. The fourth-order valence-electron chi connectivity index (χ4n) is 6.31. The molecule has 5 atom stereocenters. The minimum absolute atomic E-state index is 0.0201. The van der Waals surface area contributed by atoms with Crippen LogP contribution in [0.3, 0.4) is 0 Å². The summed E-state index contributed by atoms with van der Waals surface area (Å²) in [6, 6.07) is -8.71. The number of nitrogens with zero attached hydrogens (tertiary/aromatic N) is 7. The first-order valence-corrected chi connectivity index (χ1v) is 19.6. The van der Waals surface area contributed by atoms with Gasteiger partial charge in [-0.05, 0) is 56.9 Å². The summed E-state index contributed by atoms with van der Waals surface area (Å²) in [4.78, 5) is 128. The van der Waals surface area contributed by atoms with Gasteiger partial charge in [-0.3, -0.25) is 44.9 Å². The van der Waals surface area contributed by atoms with Crippen LogP contribution < -0.4 is 21.3 Å². The summed E-state index contributed by atoms with van der Waals surface area (Å²) >= 11 is 0. The van der Waals surface area contributed by atoms with Gasteiger partial charge in [0.1, 0.15) is 18.6 Å². The summed E-state index contributed by atoms with van der Waals surface area (Å²) in [7, 11) is 8.93. The van der Waals surface area contributed by atoms with E-state index < -0.39 is 90.8 Å². The van der Waals surface area contributed by atoms with E-state index in [9.17, 15) is 43.2 Å². The van der Waals surface area contributed by atoms with Gasteiger partial charge in [-0.1, -0.05) is 55.4 Å². The first-order valence-electron chi connectivity index (χ1n) is 19.6. The van der Waals surface area contributed by atoms with Crippen molar-refractivity contribution >= 4 is 53.8 Å². The predicted molar refractivity (Wildman–Crippen MR) is 217 cm³/mol. The summed E-state index contributed by atoms with van der Waals surface area (Å²) in [5.41, 5.74) is 0. The molecule has 1 rings (SSSR count). The Balaban J connectivity index is 3.79. The van der Waals surface area contributed by atoms with Crippen LogP contribution in [0.25, 0.3) is 0 Å². The highest BCUT2D eigenvalue weighted by Gasteiger charge is 2.38. The van der Waals surface area contributed by atoms with Gasteiger partial charge in [0.15, 0.2) is 0 Å². The SMILES string of the molecule is CC(C)CC1C(=O)NC(C(C)C)N(C)C(CC(C)C)NC(C)C(=O)NC(=O)N(C)C(CC(C)C)C(=O)N(C)C(=O)N(C)C(=O)N(C)C(=O)NC(=O)N(C)CC(=O)N1C. The van der Waals surface area contributed by atoms with E-state index in [4.69, 9.17) is 0 Å². The Kier molecular flexibility index (Phi) is 19.7. The van der Waals surface area contributed by atoms with Crippen molar-refractivity contribution in [2.45, 2.75) is 112 Å². The number of imide groups is 5. The first-order chi connectivity index (χ1) is 26.6. The molecular weight excluding hydrogens is 754 g/mol. The molecule has 1 saturated heterocycles. The van der Waals surface area contributed by atoms with E-state index in [-0.39, 0.29) is 36.5 Å². The van der Waals surface area contributed by atoms with Crippen LogP contribution in [0.2, 0.25) is 0 Å². The summed E-state index contributed by atoms with van der Waals surface area (Å²) in [6.07, 6.45) is -0.195. The Bertz CT molecular complexity index is 1520. The molecule has 0 saturated carbocycles. The molecular formula is C38H69N11O9. The number of carbonyl (C=O) groups is 9. The van der Waals surface area contributed by atoms with Crippen molar-refractivity contribution in [1.82, 2.24) is 55.6 Å². The monoisotopic (exact) mass is 824 g/mol. The maximum atomic E-state index is 14.1. The number of rotatable bonds is 7. The topological polar surface area (TPSA) is 224 Å². The molecule has 0 aromatic carbocycles. The lowest BCUT2D eigenvalue weighted by atomic mass is 10.00. The maximum Gasteiger partial charge on any atom is 0.335 e. The molecule has 1 heterocycles. The average Bonchev–Trinajstić information content (AvgIpc) is 3.13. The summed E-state index contributed by atoms with van der Waals surface area (Å²) < 4.78 is 0. The van der Waals surface area contributed by atoms with E-state index in [1.54, 1.807) is 27.8 Å². The first kappa shape index (κ1) is 51.2. The van der Waals surface area contributed by atoms with Crippen molar-refractivity contribution < 1.29 is 43.2 Å². The number of amides is 14. The predicted octanol–water partition coefficient (Wildman–Crippen LogP) is 2.16. The highest BCUT2D eigenvalue weighted by molar-refractivity contribution is 6.08. The highest BCUT2D eigenvalue weighted by Crippen LogP contribution is 2.19. The van der Waals surface area contributed by atoms with E-state index in [1.165, 1.54) is 26.0 Å². The standard InChI is InChI=1S/C38H69N11O9/c1-21(2)17-26-32(52)40-30(24(7)8)46(13)28(19-23(5)6)39-25(9)31(51)41-35(55)45(12)27(18-22(3)4)33(53)47(14)37(57)49(16)38(58)48(15)36(56)42-34(54)43(10)20-29(50)44(26)11/h21-28,30,39H,17-20H2,1-16H3,(H,40,52)(H,41,51,55)(H,42,54,56). The second-order valence-electron chi connectivity index (χ2n) is 16.8. The van der Waals surface area contributed by atoms with E-state index in [0.717, 1.165) is 30.9 Å². The van der Waals surface area contributed by atoms with Gasteiger partial charge >= 0.3 is 30.2 Å². The Morgan fingerprint density at radius 3 is 1.57 bits per heavy atom. The number of hydrogen-bond acceptors (Lipinski definition) is 11. The largest absolute Gasteiger partial charge is 0.338 e. The molecule has 4 N–H and O–H groups in total. The van der Waals surface area contributed by atoms with Crippen molar-refractivity contribution in [2.75, 3.05) is 55.9 Å². The number of carbonyl (C=O) groups excluding carboxylic acids is 9. The lowest BCUT2D eigenvalue weighted by Gasteiger charge is -2.41. The molecule has 1 aliphatic rings. The third kappa shape index (κ3) is 14.2. The molecule has 0 spiro atoms. The van der Waals surface area contributed by atoms with Crippen LogP contribution >= 0.6 is 0 Å². The fraction of sp³-hybridized carbons (Fsp3) is 0.763. The fourth-order valence-corrected chi connectivity index (χ4v) is 6.31. The van der Waals surface area contributed by atoms with Gasteiger partial charge in [0.25, 0.3) is 5.91 Å². The highest BCUT2D eigenvalue weighted by atomic mass is 16.2. The quantitative estimate of drug-likeness (QED) is 0.291. The van der Waals surface area contributed by atoms with Crippen molar-refractivity contribution in [3.8, 4) is 0 Å². The molecule has 0 aromatic heterocycles. The van der Waals surface area contributed by atoms with Gasteiger partial charge in [0.05, 0.1) is 18.4 Å². The minimum atomic E-state index is -1.25. The molecule has 58 heavy (non-hydrogen) atoms. The van der Waals surface area contributed by atoms with E-state index in [0.29, 0.717) is 21.1 Å². The second kappa shape index (κ2) is 22.3. The number of urea groups is 5. The molecule has 0 aliphatic carbocycles. The van der Waals surface area contributed by atoms with E-state index in [2.05, 4.69) is 16.0 Å². The normalized spacial score (nSPS) is 24.8. The minimum Gasteiger partial charge on any atom is -0.338 e. The lowest BCUT2D eigenvalue weighted by molar-refractivity contribution is -0.141. The summed E-state index contributed by atoms with van der Waals surface area (Å²) in [5.74, 6) is -2.83. The Morgan fingerprint density at radius 1 is 0.569 bits per heavy atom. The third-order valence-electron chi connectivity index (χ3n) is 9.95. The molecule has 1 fully saturated rings. The Labute approximate surface area is 343 Å². The molecule has 20 nitrogen and oxygen atoms in total. The van der Waals surface area contributed by atoms with Gasteiger partial charge in [-0.2, -0.15) is 0 Å². The van der Waals surface area contributed by atoms with Crippen LogP contribution in [0.15, 0.2) is 0 Å². The van der Waals surface area contributed by atoms with Crippen molar-refractivity contribution in [3.05, 3.63) is 0 Å². The molecule has 0 aromatic rings. The van der Waals surface area contributed by atoms with E-state index >= 15 is 0 Å². The summed E-state index contributed by atoms with van der Waals surface area (Å²) in [6.45, 7) is 16.3. The zero-order chi connectivity index (χ0) is 45.1. The second-order valence-corrected chi connectivity index (χ2v) is 16.8. The Morgan fingerprint density at radius 2 is 1.07 bits per heavy atom. The van der Waals surface area contributed by atoms with Crippen LogP contribution in [-0.2, 0) is 19.2 Å². The number of hydrogen-bond donors (Lipinski definition) is 4. The molecule has 1 aliphatic heterocycles. The van der Waals surface area contributed by atoms with Gasteiger partial charge in [-0.25, -0.2) is 33.8 Å². The molecule has 330 valence electrons. The van der Waals surface area contributed by atoms with Gasteiger partial charge in [0, 0.05) is 42.3 Å². The van der Waals surface area contributed by atoms with Crippen LogP contribution in [0.4, 0.5) is 24.0 Å². The van der Waals surface area contributed by atoms with E-state index in [1.807, 2.05) is 51.8 Å². The van der Waals surface area contributed by atoms with Crippen LogP contribution in [-0.4, -0.2) is 174 Å². The molecule has 0 radical (unpaired) electrons. The van der Waals surface area contributed by atoms with Crippen LogP contribution in [0, 0.1) is 23.7 Å². The number of likely N-dealkylation sites (N-methyl/N-ethyl adjacent to an activating group) is 4. The van der Waals surface area contributed by atoms with Crippen LogP contribution in [0.1, 0.15) is 81.6 Å². The summed E-state index contributed by atoms with van der Waals surface area (Å²) in [5, 5.41) is 10.7. The smallest absolute Gasteiger partial charge is 0.335 e. The molecule has 14 amide bonds. The van der Waals surface area contributed by atoms with Crippen molar-refractivity contribution in [3.63, 3.8) is 0 Å². The van der Waals surface area contributed by atoms with Crippen molar-refractivity contribution in [2.24, 2.45) is 23.7 Å². The molecule has 20 heteroatoms. The van der Waals surface area contributed by atoms with Gasteiger partial charge < -0.3 is 20.0 Å². The average molecular weight is 824 g/mol. The molecule has 0 bridgehead atoms. The third-order valence-corrected chi connectivity index (χ3v) is 9.95. The lowest BCUT2D eigenvalue weighted by Crippen LogP contribution is -2.63. The molecule has 5 unspecified atom stereocenters. The number of nitrogens with one attached hydrogen (secondary N) is 4. The Hall–Kier alpha value is -4.85. The van der Waals surface area contributed by atoms with Gasteiger partial charge in [-0.15, -0.1) is 0 Å². The zero-order valence-electron chi connectivity index (χ0n) is 37.3.